The van der Waals surface area contributed by atoms with Crippen LogP contribution in [0.25, 0.3) is 0 Å². The van der Waals surface area contributed by atoms with E-state index in [1.807, 2.05) is 24.3 Å². The molecule has 2 fully saturated rings. The Labute approximate surface area is 169 Å². The number of carbonyl (C=O) groups is 3. The predicted octanol–water partition coefficient (Wildman–Crippen LogP) is 1.09. The van der Waals surface area contributed by atoms with Gasteiger partial charge >= 0.3 is 6.09 Å². The van der Waals surface area contributed by atoms with E-state index in [0.717, 1.165) is 17.5 Å². The van der Waals surface area contributed by atoms with E-state index in [-0.39, 0.29) is 18.9 Å². The van der Waals surface area contributed by atoms with E-state index in [1.54, 1.807) is 0 Å². The number of hydrogen-bond donors (Lipinski definition) is 2. The Kier molecular flexibility index (Phi) is 7.22. The van der Waals surface area contributed by atoms with Gasteiger partial charge in [-0.15, -0.1) is 0 Å². The van der Waals surface area contributed by atoms with Crippen molar-refractivity contribution in [1.29, 1.82) is 0 Å². The van der Waals surface area contributed by atoms with Crippen molar-refractivity contribution in [3.63, 3.8) is 0 Å². The number of imide groups is 1. The van der Waals surface area contributed by atoms with Gasteiger partial charge in [0, 0.05) is 25.0 Å². The second-order valence-corrected chi connectivity index (χ2v) is 6.92. The van der Waals surface area contributed by atoms with Crippen LogP contribution in [0.5, 0.6) is 0 Å². The number of nitrogens with two attached hydrogens (primary N) is 1. The Morgan fingerprint density at radius 3 is 2.72 bits per heavy atom. The van der Waals surface area contributed by atoms with Crippen LogP contribution in [0, 0.1) is 11.8 Å². The van der Waals surface area contributed by atoms with Gasteiger partial charge in [0.25, 0.3) is 0 Å². The zero-order valence-electron chi connectivity index (χ0n) is 16.2. The molecule has 1 aromatic carbocycles. The molecule has 3 rings (SSSR count). The summed E-state index contributed by atoms with van der Waals surface area (Å²) in [5.41, 5.74) is 7.10. The van der Waals surface area contributed by atoms with Crippen molar-refractivity contribution < 1.29 is 23.9 Å². The van der Waals surface area contributed by atoms with Gasteiger partial charge in [-0.3, -0.25) is 19.8 Å². The molecule has 0 bridgehead atoms. The van der Waals surface area contributed by atoms with Crippen molar-refractivity contribution in [2.24, 2.45) is 5.73 Å². The van der Waals surface area contributed by atoms with E-state index in [2.05, 4.69) is 17.2 Å². The molecule has 3 N–H and O–H groups in total. The number of benzene rings is 1. The largest absolute Gasteiger partial charge is 0.439 e. The number of rotatable bonds is 7. The zero-order valence-corrected chi connectivity index (χ0v) is 16.2. The molecule has 1 aromatic rings. The molecule has 29 heavy (non-hydrogen) atoms. The molecule has 0 aromatic heterocycles. The Morgan fingerprint density at radius 2 is 2.00 bits per heavy atom. The molecule has 8 heteroatoms. The second-order valence-electron chi connectivity index (χ2n) is 6.92. The molecule has 2 saturated heterocycles. The third-order valence-electron chi connectivity index (χ3n) is 4.81. The van der Waals surface area contributed by atoms with Gasteiger partial charge in [-0.05, 0) is 37.1 Å². The Morgan fingerprint density at radius 1 is 1.21 bits per heavy atom. The van der Waals surface area contributed by atoms with Gasteiger partial charge in [0.2, 0.25) is 11.8 Å². The molecule has 0 aliphatic carbocycles. The molecular weight excluding hydrogens is 374 g/mol. The summed E-state index contributed by atoms with van der Waals surface area (Å²) >= 11 is 0. The molecule has 2 aliphatic heterocycles. The van der Waals surface area contributed by atoms with E-state index in [4.69, 9.17) is 15.2 Å². The summed E-state index contributed by atoms with van der Waals surface area (Å²) in [5, 5.41) is 2.27. The summed E-state index contributed by atoms with van der Waals surface area (Å²) in [6, 6.07) is 6.82. The highest BCUT2D eigenvalue weighted by Crippen LogP contribution is 2.29. The van der Waals surface area contributed by atoms with E-state index >= 15 is 0 Å². The number of ether oxygens (including phenoxy) is 2. The molecule has 2 heterocycles. The lowest BCUT2D eigenvalue weighted by Gasteiger charge is -2.27. The van der Waals surface area contributed by atoms with Gasteiger partial charge in [-0.2, -0.15) is 0 Å². The maximum Gasteiger partial charge on any atom is 0.411 e. The maximum absolute atomic E-state index is 12.2. The van der Waals surface area contributed by atoms with Crippen LogP contribution in [0.3, 0.4) is 0 Å². The van der Waals surface area contributed by atoms with Gasteiger partial charge in [-0.25, -0.2) is 4.79 Å². The van der Waals surface area contributed by atoms with Crippen molar-refractivity contribution in [3.05, 3.63) is 35.4 Å². The number of cyclic esters (lactones) is 1. The van der Waals surface area contributed by atoms with Gasteiger partial charge in [0.15, 0.2) is 0 Å². The van der Waals surface area contributed by atoms with Gasteiger partial charge in [0.1, 0.15) is 12.1 Å². The first kappa shape index (κ1) is 20.8. The molecule has 0 spiro atoms. The normalized spacial score (nSPS) is 21.4. The Hall–Kier alpha value is -2.89. The van der Waals surface area contributed by atoms with Crippen molar-refractivity contribution in [1.82, 2.24) is 10.2 Å². The third-order valence-corrected chi connectivity index (χ3v) is 4.81. The quantitative estimate of drug-likeness (QED) is 0.403. The number of amides is 3. The first-order chi connectivity index (χ1) is 14.1. The van der Waals surface area contributed by atoms with E-state index < -0.39 is 24.1 Å². The minimum Gasteiger partial charge on any atom is -0.439 e. The van der Waals surface area contributed by atoms with E-state index in [9.17, 15) is 14.4 Å². The molecular formula is C21H25N3O5. The highest BCUT2D eigenvalue weighted by molar-refractivity contribution is 6.01. The fraction of sp³-hybridized carbons (Fsp3) is 0.476. The number of nitrogens with one attached hydrogen (secondary N) is 1. The van der Waals surface area contributed by atoms with Crippen LogP contribution in [0.2, 0.25) is 0 Å². The van der Waals surface area contributed by atoms with E-state index in [0.29, 0.717) is 32.6 Å². The predicted molar refractivity (Wildman–Crippen MR) is 105 cm³/mol. The fourth-order valence-corrected chi connectivity index (χ4v) is 3.24. The minimum atomic E-state index is -0.664. The first-order valence-corrected chi connectivity index (χ1v) is 9.76. The summed E-state index contributed by atoms with van der Waals surface area (Å²) < 4.78 is 10.8. The van der Waals surface area contributed by atoms with Crippen LogP contribution in [0.1, 0.15) is 42.9 Å². The molecule has 154 valence electrons. The minimum absolute atomic E-state index is 0.219. The van der Waals surface area contributed by atoms with Crippen LogP contribution in [0.15, 0.2) is 24.3 Å². The van der Waals surface area contributed by atoms with Crippen LogP contribution < -0.4 is 11.1 Å². The molecule has 2 atom stereocenters. The Bertz CT molecular complexity index is 812. The summed E-state index contributed by atoms with van der Waals surface area (Å²) in [6.45, 7) is 2.14. The van der Waals surface area contributed by atoms with Crippen molar-refractivity contribution in [3.8, 4) is 11.8 Å². The topological polar surface area (TPSA) is 111 Å². The van der Waals surface area contributed by atoms with Crippen molar-refractivity contribution >= 4 is 17.9 Å². The smallest absolute Gasteiger partial charge is 0.411 e. The van der Waals surface area contributed by atoms with Crippen LogP contribution >= 0.6 is 0 Å². The Balaban J connectivity index is 1.52. The second kappa shape index (κ2) is 10.0. The van der Waals surface area contributed by atoms with Gasteiger partial charge in [-0.1, -0.05) is 24.0 Å². The van der Waals surface area contributed by atoms with Gasteiger partial charge < -0.3 is 15.2 Å². The lowest BCUT2D eigenvalue weighted by Crippen LogP contribution is -2.52. The summed E-state index contributed by atoms with van der Waals surface area (Å²) in [7, 11) is 0. The molecule has 0 radical (unpaired) electrons. The number of hydrogen-bond acceptors (Lipinski definition) is 6. The first-order valence-electron chi connectivity index (χ1n) is 9.76. The van der Waals surface area contributed by atoms with Crippen LogP contribution in [-0.4, -0.2) is 55.2 Å². The molecule has 2 aliphatic rings. The highest BCUT2D eigenvalue weighted by atomic mass is 16.6. The standard InChI is InChI=1S/C21H25N3O5/c22-11-3-13-28-12-2-1-4-15-5-7-16(8-6-15)18-14-24(21(27)29-18)17-9-10-19(25)23-20(17)26/h5-8,17-18H,2-3,9-14,22H2,(H,23,25,26)/t17?,18-/m1/s1. The van der Waals surface area contributed by atoms with Crippen LogP contribution in [0.4, 0.5) is 4.79 Å². The molecule has 3 amide bonds. The summed E-state index contributed by atoms with van der Waals surface area (Å²) in [6.07, 6.45) is 1.04. The number of piperidine rings is 1. The zero-order chi connectivity index (χ0) is 20.6. The molecule has 0 saturated carbocycles. The van der Waals surface area contributed by atoms with Crippen LogP contribution in [-0.2, 0) is 19.1 Å². The average Bonchev–Trinajstić information content (AvgIpc) is 3.09. The van der Waals surface area contributed by atoms with Gasteiger partial charge in [0.05, 0.1) is 13.2 Å². The van der Waals surface area contributed by atoms with E-state index in [1.165, 1.54) is 4.90 Å². The summed E-state index contributed by atoms with van der Waals surface area (Å²) in [4.78, 5) is 36.9. The fourth-order valence-electron chi connectivity index (χ4n) is 3.24. The van der Waals surface area contributed by atoms with Crippen molar-refractivity contribution in [2.75, 3.05) is 26.3 Å². The number of nitrogens with zero attached hydrogens (tertiary/aromatic N) is 1. The molecule has 8 nitrogen and oxygen atoms in total. The van der Waals surface area contributed by atoms with Crippen molar-refractivity contribution in [2.45, 2.75) is 37.8 Å². The third kappa shape index (κ3) is 5.56. The highest BCUT2D eigenvalue weighted by Gasteiger charge is 2.41. The number of carbonyl (C=O) groups excluding carboxylic acids is 3. The summed E-state index contributed by atoms with van der Waals surface area (Å²) in [5.74, 6) is 5.38. The SMILES string of the molecule is NCCCOCCC#Cc1ccc([C@H]2CN(C3CCC(=O)NC3=O)C(=O)O2)cc1. The monoisotopic (exact) mass is 399 g/mol. The maximum atomic E-state index is 12.2. The lowest BCUT2D eigenvalue weighted by molar-refractivity contribution is -0.136. The lowest BCUT2D eigenvalue weighted by atomic mass is 10.0. The molecule has 1 unspecified atom stereocenters. The average molecular weight is 399 g/mol.